The zero-order valence-corrected chi connectivity index (χ0v) is 11.9. The second kappa shape index (κ2) is 4.79. The van der Waals surface area contributed by atoms with Gasteiger partial charge < -0.3 is 9.64 Å². The maximum atomic E-state index is 5.86. The van der Waals surface area contributed by atoms with Crippen LogP contribution in [0.5, 0.6) is 0 Å². The summed E-state index contributed by atoms with van der Waals surface area (Å²) in [4.78, 5) is 2.42. The van der Waals surface area contributed by atoms with E-state index in [1.165, 1.54) is 18.5 Å². The summed E-state index contributed by atoms with van der Waals surface area (Å²) in [6.45, 7) is 2.02. The van der Waals surface area contributed by atoms with Gasteiger partial charge in [0.25, 0.3) is 0 Å². The molecular formula is C13H15BrClNO. The zero-order chi connectivity index (χ0) is 11.8. The summed E-state index contributed by atoms with van der Waals surface area (Å²) >= 11 is 9.48. The van der Waals surface area contributed by atoms with Gasteiger partial charge in [0.05, 0.1) is 17.9 Å². The number of fused-ring (bicyclic) bond motifs is 2. The van der Waals surface area contributed by atoms with Crippen molar-refractivity contribution in [1.82, 2.24) is 0 Å². The van der Waals surface area contributed by atoms with Crippen molar-refractivity contribution in [3.8, 4) is 0 Å². The molecule has 2 heterocycles. The summed E-state index contributed by atoms with van der Waals surface area (Å²) in [7, 11) is 0. The van der Waals surface area contributed by atoms with Gasteiger partial charge in [0.2, 0.25) is 0 Å². The number of alkyl halides is 1. The van der Waals surface area contributed by atoms with E-state index >= 15 is 0 Å². The largest absolute Gasteiger partial charge is 0.371 e. The van der Waals surface area contributed by atoms with Gasteiger partial charge in [0, 0.05) is 23.4 Å². The first-order valence-corrected chi connectivity index (χ1v) is 7.34. The van der Waals surface area contributed by atoms with Crippen LogP contribution in [-0.2, 0) is 10.6 Å². The molecule has 2 atom stereocenters. The molecule has 17 heavy (non-hydrogen) atoms. The van der Waals surface area contributed by atoms with Crippen molar-refractivity contribution in [3.05, 3.63) is 28.2 Å². The molecule has 2 saturated heterocycles. The first-order valence-electron chi connectivity index (χ1n) is 6.01. The number of ether oxygens (including phenoxy) is 1. The minimum atomic E-state index is 0.424. The van der Waals surface area contributed by atoms with Crippen molar-refractivity contribution < 1.29 is 4.74 Å². The smallest absolute Gasteiger partial charge is 0.0755 e. The Morgan fingerprint density at radius 1 is 1.29 bits per heavy atom. The lowest BCUT2D eigenvalue weighted by Gasteiger charge is -2.34. The van der Waals surface area contributed by atoms with E-state index < -0.39 is 0 Å². The highest BCUT2D eigenvalue weighted by Crippen LogP contribution is 2.34. The van der Waals surface area contributed by atoms with Gasteiger partial charge in [-0.15, -0.1) is 11.6 Å². The normalized spacial score (nSPS) is 27.5. The molecule has 3 rings (SSSR count). The van der Waals surface area contributed by atoms with Crippen LogP contribution in [0.2, 0.25) is 0 Å². The lowest BCUT2D eigenvalue weighted by molar-refractivity contribution is 0.0304. The van der Waals surface area contributed by atoms with Gasteiger partial charge in [-0.2, -0.15) is 0 Å². The Hall–Kier alpha value is -0.250. The highest BCUT2D eigenvalue weighted by Gasteiger charge is 2.34. The molecule has 2 bridgehead atoms. The SMILES string of the molecule is ClCc1ccc(N2CC3CCC(C2)O3)c(Br)c1. The zero-order valence-electron chi connectivity index (χ0n) is 9.53. The molecule has 2 nitrogen and oxygen atoms in total. The minimum Gasteiger partial charge on any atom is -0.371 e. The number of morpholine rings is 1. The van der Waals surface area contributed by atoms with E-state index in [0.717, 1.165) is 23.1 Å². The highest BCUT2D eigenvalue weighted by atomic mass is 79.9. The quantitative estimate of drug-likeness (QED) is 0.774. The third kappa shape index (κ3) is 2.33. The van der Waals surface area contributed by atoms with Crippen LogP contribution in [0.3, 0.4) is 0 Å². The van der Waals surface area contributed by atoms with Crippen molar-refractivity contribution >= 4 is 33.2 Å². The molecule has 2 aliphatic heterocycles. The number of hydrogen-bond donors (Lipinski definition) is 0. The van der Waals surface area contributed by atoms with E-state index in [-0.39, 0.29) is 0 Å². The summed E-state index contributed by atoms with van der Waals surface area (Å²) in [5.74, 6) is 0.563. The summed E-state index contributed by atoms with van der Waals surface area (Å²) in [5.41, 5.74) is 2.41. The summed E-state index contributed by atoms with van der Waals surface area (Å²) in [6, 6.07) is 6.37. The lowest BCUT2D eigenvalue weighted by atomic mass is 10.2. The number of benzene rings is 1. The average molecular weight is 317 g/mol. The second-order valence-corrected chi connectivity index (χ2v) is 5.90. The van der Waals surface area contributed by atoms with Crippen LogP contribution in [-0.4, -0.2) is 25.3 Å². The van der Waals surface area contributed by atoms with Crippen molar-refractivity contribution in [1.29, 1.82) is 0 Å². The number of hydrogen-bond acceptors (Lipinski definition) is 2. The van der Waals surface area contributed by atoms with Gasteiger partial charge >= 0.3 is 0 Å². The molecule has 4 heteroatoms. The molecule has 2 fully saturated rings. The van der Waals surface area contributed by atoms with Crippen LogP contribution in [0.15, 0.2) is 22.7 Å². The first kappa shape index (κ1) is 11.8. The van der Waals surface area contributed by atoms with E-state index in [0.29, 0.717) is 18.1 Å². The highest BCUT2D eigenvalue weighted by molar-refractivity contribution is 9.10. The van der Waals surface area contributed by atoms with Crippen LogP contribution in [0, 0.1) is 0 Å². The van der Waals surface area contributed by atoms with Crippen LogP contribution >= 0.6 is 27.5 Å². The summed E-state index contributed by atoms with van der Waals surface area (Å²) in [6.07, 6.45) is 3.26. The maximum absolute atomic E-state index is 5.86. The summed E-state index contributed by atoms with van der Waals surface area (Å²) < 4.78 is 6.99. The standard InChI is InChI=1S/C13H15BrClNO/c14-12-5-9(6-15)1-4-13(12)16-7-10-2-3-11(8-16)17-10/h1,4-5,10-11H,2-3,6-8H2. The molecule has 1 aromatic carbocycles. The topological polar surface area (TPSA) is 12.5 Å². The number of halogens is 2. The minimum absolute atomic E-state index is 0.424. The van der Waals surface area contributed by atoms with Crippen LogP contribution < -0.4 is 4.90 Å². The van der Waals surface area contributed by atoms with Gasteiger partial charge in [-0.1, -0.05) is 6.07 Å². The third-order valence-corrected chi connectivity index (χ3v) is 4.49. The molecule has 1 aromatic rings. The molecule has 2 unspecified atom stereocenters. The van der Waals surface area contributed by atoms with E-state index in [9.17, 15) is 0 Å². The lowest BCUT2D eigenvalue weighted by Crippen LogP contribution is -2.42. The van der Waals surface area contributed by atoms with Gasteiger partial charge in [0.1, 0.15) is 0 Å². The Morgan fingerprint density at radius 2 is 2.00 bits per heavy atom. The van der Waals surface area contributed by atoms with Crippen molar-refractivity contribution in [2.75, 3.05) is 18.0 Å². The molecule has 0 aromatic heterocycles. The Bertz CT molecular complexity index is 414. The van der Waals surface area contributed by atoms with Gasteiger partial charge in [-0.05, 0) is 46.5 Å². The predicted molar refractivity (Wildman–Crippen MR) is 73.8 cm³/mol. The number of nitrogens with zero attached hydrogens (tertiary/aromatic N) is 1. The third-order valence-electron chi connectivity index (χ3n) is 3.55. The van der Waals surface area contributed by atoms with E-state index in [2.05, 4.69) is 39.0 Å². The van der Waals surface area contributed by atoms with Crippen molar-refractivity contribution in [3.63, 3.8) is 0 Å². The maximum Gasteiger partial charge on any atom is 0.0755 e. The Kier molecular flexibility index (Phi) is 3.33. The Morgan fingerprint density at radius 3 is 2.59 bits per heavy atom. The molecule has 2 aliphatic rings. The monoisotopic (exact) mass is 315 g/mol. The first-order chi connectivity index (χ1) is 8.26. The molecule has 0 saturated carbocycles. The molecule has 0 amide bonds. The molecule has 0 N–H and O–H groups in total. The predicted octanol–water partition coefficient (Wildman–Crippen LogP) is 3.56. The molecule has 0 aliphatic carbocycles. The van der Waals surface area contributed by atoms with Crippen LogP contribution in [0.4, 0.5) is 5.69 Å². The Labute approximate surface area is 115 Å². The van der Waals surface area contributed by atoms with Gasteiger partial charge in [-0.3, -0.25) is 0 Å². The molecule has 0 radical (unpaired) electrons. The van der Waals surface area contributed by atoms with Crippen molar-refractivity contribution in [2.24, 2.45) is 0 Å². The Balaban J connectivity index is 1.84. The van der Waals surface area contributed by atoms with E-state index in [1.54, 1.807) is 0 Å². The number of anilines is 1. The van der Waals surface area contributed by atoms with Crippen molar-refractivity contribution in [2.45, 2.75) is 30.9 Å². The molecule has 0 spiro atoms. The number of rotatable bonds is 2. The fourth-order valence-electron chi connectivity index (χ4n) is 2.70. The average Bonchev–Trinajstić information content (AvgIpc) is 2.68. The fraction of sp³-hybridized carbons (Fsp3) is 0.538. The van der Waals surface area contributed by atoms with Gasteiger partial charge in [-0.25, -0.2) is 0 Å². The second-order valence-electron chi connectivity index (χ2n) is 4.78. The molecular weight excluding hydrogens is 302 g/mol. The van der Waals surface area contributed by atoms with Crippen LogP contribution in [0.25, 0.3) is 0 Å². The fourth-order valence-corrected chi connectivity index (χ4v) is 3.54. The van der Waals surface area contributed by atoms with Gasteiger partial charge in [0.15, 0.2) is 0 Å². The molecule has 92 valence electrons. The van der Waals surface area contributed by atoms with E-state index in [1.807, 2.05) is 0 Å². The van der Waals surface area contributed by atoms with Crippen LogP contribution in [0.1, 0.15) is 18.4 Å². The van der Waals surface area contributed by atoms with E-state index in [4.69, 9.17) is 16.3 Å². The summed E-state index contributed by atoms with van der Waals surface area (Å²) in [5, 5.41) is 0.